The van der Waals surface area contributed by atoms with Gasteiger partial charge in [-0.2, -0.15) is 0 Å². The molecule has 2 aliphatic rings. The minimum Gasteiger partial charge on any atom is -0.385 e. The molecule has 0 bridgehead atoms. The lowest BCUT2D eigenvalue weighted by Crippen LogP contribution is -2.47. The number of likely N-dealkylation sites (N-methyl/N-ethyl adjacent to an activating group) is 1. The van der Waals surface area contributed by atoms with E-state index < -0.39 is 0 Å². The van der Waals surface area contributed by atoms with Gasteiger partial charge in [0.2, 0.25) is 0 Å². The summed E-state index contributed by atoms with van der Waals surface area (Å²) in [7, 11) is 0. The lowest BCUT2D eigenvalue weighted by Gasteiger charge is -2.32. The van der Waals surface area contributed by atoms with Gasteiger partial charge in [-0.3, -0.25) is 4.79 Å². The van der Waals surface area contributed by atoms with Crippen LogP contribution in [0.25, 0.3) is 0 Å². The average molecular weight is 287 g/mol. The molecule has 1 amide bonds. The Hall–Kier alpha value is -1.55. The number of hydrogen-bond donors (Lipinski definition) is 2. The van der Waals surface area contributed by atoms with Crippen molar-refractivity contribution in [3.05, 3.63) is 29.3 Å². The second-order valence-electron chi connectivity index (χ2n) is 6.07. The van der Waals surface area contributed by atoms with Crippen LogP contribution < -0.4 is 10.6 Å². The largest absolute Gasteiger partial charge is 0.385 e. The predicted octanol–water partition coefficient (Wildman–Crippen LogP) is 2.26. The van der Waals surface area contributed by atoms with Crippen molar-refractivity contribution in [2.75, 3.05) is 31.5 Å². The summed E-state index contributed by atoms with van der Waals surface area (Å²) in [5.74, 6) is 0.0958. The van der Waals surface area contributed by atoms with Gasteiger partial charge >= 0.3 is 0 Å². The van der Waals surface area contributed by atoms with E-state index in [-0.39, 0.29) is 5.91 Å². The molecule has 1 atom stereocenters. The number of carbonyl (C=O) groups is 1. The van der Waals surface area contributed by atoms with Crippen molar-refractivity contribution in [3.8, 4) is 0 Å². The van der Waals surface area contributed by atoms with Crippen LogP contribution in [0.4, 0.5) is 5.69 Å². The number of fused-ring (bicyclic) bond motifs is 1. The van der Waals surface area contributed by atoms with Gasteiger partial charge < -0.3 is 15.5 Å². The first-order valence-corrected chi connectivity index (χ1v) is 8.17. The number of rotatable bonds is 3. The molecule has 1 fully saturated rings. The minimum absolute atomic E-state index is 0.0958. The van der Waals surface area contributed by atoms with E-state index in [2.05, 4.69) is 28.5 Å². The Balaban J connectivity index is 1.71. The van der Waals surface area contributed by atoms with Crippen LogP contribution in [0.5, 0.6) is 0 Å². The third kappa shape index (κ3) is 3.21. The minimum atomic E-state index is 0.0958. The highest BCUT2D eigenvalue weighted by atomic mass is 16.1. The molecule has 114 valence electrons. The number of benzene rings is 1. The highest BCUT2D eigenvalue weighted by Gasteiger charge is 2.23. The van der Waals surface area contributed by atoms with Crippen LogP contribution in [0.2, 0.25) is 0 Å². The molecule has 1 aromatic carbocycles. The van der Waals surface area contributed by atoms with Gasteiger partial charge in [0.1, 0.15) is 0 Å². The molecule has 0 aromatic heterocycles. The first-order chi connectivity index (χ1) is 10.3. The Labute approximate surface area is 126 Å². The summed E-state index contributed by atoms with van der Waals surface area (Å²) in [6.45, 7) is 6.40. The molecule has 3 rings (SSSR count). The number of likely N-dealkylation sites (tertiary alicyclic amines) is 1. The van der Waals surface area contributed by atoms with E-state index in [4.69, 9.17) is 0 Å². The molecule has 1 unspecified atom stereocenters. The van der Waals surface area contributed by atoms with Gasteiger partial charge in [0, 0.05) is 30.4 Å². The van der Waals surface area contributed by atoms with E-state index >= 15 is 0 Å². The molecule has 0 saturated carbocycles. The molecule has 4 nitrogen and oxygen atoms in total. The van der Waals surface area contributed by atoms with Gasteiger partial charge in [0.25, 0.3) is 5.91 Å². The van der Waals surface area contributed by atoms with E-state index in [0.717, 1.165) is 56.7 Å². The number of carbonyl (C=O) groups excluding carboxylic acids is 1. The van der Waals surface area contributed by atoms with Gasteiger partial charge in [0.15, 0.2) is 0 Å². The maximum Gasteiger partial charge on any atom is 0.251 e. The van der Waals surface area contributed by atoms with Crippen molar-refractivity contribution in [1.82, 2.24) is 10.2 Å². The number of hydrogen-bond acceptors (Lipinski definition) is 3. The monoisotopic (exact) mass is 287 g/mol. The zero-order valence-electron chi connectivity index (χ0n) is 12.8. The lowest BCUT2D eigenvalue weighted by molar-refractivity contribution is 0.0905. The Morgan fingerprint density at radius 1 is 1.43 bits per heavy atom. The number of piperidine rings is 1. The topological polar surface area (TPSA) is 44.4 Å². The van der Waals surface area contributed by atoms with E-state index in [9.17, 15) is 4.79 Å². The van der Waals surface area contributed by atoms with Crippen LogP contribution in [0.3, 0.4) is 0 Å². The third-order valence-corrected chi connectivity index (χ3v) is 4.63. The quantitative estimate of drug-likeness (QED) is 0.896. The standard InChI is InChI=1S/C17H25N3O/c1-2-20-11-5-6-13(12-20)19-17(21)15-7-3-9-16-14(15)8-4-10-18-16/h3,7,9,13,18H,2,4-6,8,10-12H2,1H3,(H,19,21). The summed E-state index contributed by atoms with van der Waals surface area (Å²) in [5.41, 5.74) is 3.17. The lowest BCUT2D eigenvalue weighted by atomic mass is 9.96. The second kappa shape index (κ2) is 6.48. The fourth-order valence-corrected chi connectivity index (χ4v) is 3.45. The maximum absolute atomic E-state index is 12.6. The third-order valence-electron chi connectivity index (χ3n) is 4.63. The predicted molar refractivity (Wildman–Crippen MR) is 85.9 cm³/mol. The average Bonchev–Trinajstić information content (AvgIpc) is 2.54. The van der Waals surface area contributed by atoms with Crippen molar-refractivity contribution in [2.24, 2.45) is 0 Å². The molecular weight excluding hydrogens is 262 g/mol. The van der Waals surface area contributed by atoms with Crippen LogP contribution in [0, 0.1) is 0 Å². The molecule has 2 N–H and O–H groups in total. The molecule has 1 aromatic rings. The molecule has 0 aliphatic carbocycles. The highest BCUT2D eigenvalue weighted by Crippen LogP contribution is 2.25. The fraction of sp³-hybridized carbons (Fsp3) is 0.588. The first-order valence-electron chi connectivity index (χ1n) is 8.17. The van der Waals surface area contributed by atoms with Crippen LogP contribution in [0.1, 0.15) is 42.1 Å². The Morgan fingerprint density at radius 2 is 2.33 bits per heavy atom. The summed E-state index contributed by atoms with van der Waals surface area (Å²) < 4.78 is 0. The second-order valence-corrected chi connectivity index (χ2v) is 6.07. The summed E-state index contributed by atoms with van der Waals surface area (Å²) in [6.07, 6.45) is 4.37. The van der Waals surface area contributed by atoms with Crippen LogP contribution in [0.15, 0.2) is 18.2 Å². The highest BCUT2D eigenvalue weighted by molar-refractivity contribution is 5.97. The molecule has 21 heavy (non-hydrogen) atoms. The van der Waals surface area contributed by atoms with Gasteiger partial charge in [0.05, 0.1) is 0 Å². The number of amides is 1. The Bertz CT molecular complexity index is 515. The zero-order valence-corrected chi connectivity index (χ0v) is 12.8. The Morgan fingerprint density at radius 3 is 3.19 bits per heavy atom. The molecule has 4 heteroatoms. The van der Waals surface area contributed by atoms with Crippen LogP contribution in [-0.4, -0.2) is 43.0 Å². The summed E-state index contributed by atoms with van der Waals surface area (Å²) in [6, 6.07) is 6.30. The Kier molecular flexibility index (Phi) is 4.44. The number of nitrogens with zero attached hydrogens (tertiary/aromatic N) is 1. The van der Waals surface area contributed by atoms with E-state index in [0.29, 0.717) is 6.04 Å². The molecule has 1 saturated heterocycles. The van der Waals surface area contributed by atoms with Gasteiger partial charge in [-0.15, -0.1) is 0 Å². The molecular formula is C17H25N3O. The van der Waals surface area contributed by atoms with E-state index in [1.165, 1.54) is 12.0 Å². The van der Waals surface area contributed by atoms with Gasteiger partial charge in [-0.25, -0.2) is 0 Å². The molecule has 0 spiro atoms. The first kappa shape index (κ1) is 14.4. The van der Waals surface area contributed by atoms with Crippen molar-refractivity contribution < 1.29 is 4.79 Å². The molecule has 2 heterocycles. The summed E-state index contributed by atoms with van der Waals surface area (Å²) >= 11 is 0. The smallest absolute Gasteiger partial charge is 0.251 e. The van der Waals surface area contributed by atoms with Gasteiger partial charge in [-0.1, -0.05) is 13.0 Å². The summed E-state index contributed by atoms with van der Waals surface area (Å²) in [4.78, 5) is 15.0. The van der Waals surface area contributed by atoms with Gasteiger partial charge in [-0.05, 0) is 56.5 Å². The molecule has 2 aliphatic heterocycles. The van der Waals surface area contributed by atoms with E-state index in [1.807, 2.05) is 12.1 Å². The van der Waals surface area contributed by atoms with E-state index in [1.54, 1.807) is 0 Å². The van der Waals surface area contributed by atoms with Crippen LogP contribution >= 0.6 is 0 Å². The SMILES string of the molecule is CCN1CCCC(NC(=O)c2cccc3c2CCCN3)C1. The zero-order chi connectivity index (χ0) is 14.7. The maximum atomic E-state index is 12.6. The summed E-state index contributed by atoms with van der Waals surface area (Å²) in [5, 5.41) is 6.63. The van der Waals surface area contributed by atoms with Crippen molar-refractivity contribution >= 4 is 11.6 Å². The van der Waals surface area contributed by atoms with Crippen molar-refractivity contribution in [1.29, 1.82) is 0 Å². The van der Waals surface area contributed by atoms with Crippen LogP contribution in [-0.2, 0) is 6.42 Å². The normalized spacial score (nSPS) is 22.2. The number of nitrogens with one attached hydrogen (secondary N) is 2. The van der Waals surface area contributed by atoms with Crippen molar-refractivity contribution in [3.63, 3.8) is 0 Å². The fourth-order valence-electron chi connectivity index (χ4n) is 3.45. The van der Waals surface area contributed by atoms with Crippen molar-refractivity contribution in [2.45, 2.75) is 38.6 Å². The molecule has 0 radical (unpaired) electrons. The number of anilines is 1.